The van der Waals surface area contributed by atoms with Crippen molar-refractivity contribution in [2.45, 2.75) is 13.2 Å². The van der Waals surface area contributed by atoms with Crippen molar-refractivity contribution >= 4 is 0 Å². The summed E-state index contributed by atoms with van der Waals surface area (Å²) >= 11 is 0. The fourth-order valence-corrected chi connectivity index (χ4v) is 1.03. The number of hydrogen-bond acceptors (Lipinski definition) is 4. The van der Waals surface area contributed by atoms with Gasteiger partial charge in [-0.1, -0.05) is 0 Å². The molecule has 4 nitrogen and oxygen atoms in total. The number of furan rings is 1. The van der Waals surface area contributed by atoms with E-state index in [1.165, 1.54) is 0 Å². The van der Waals surface area contributed by atoms with Crippen molar-refractivity contribution in [2.75, 3.05) is 27.2 Å². The van der Waals surface area contributed by atoms with Gasteiger partial charge in [0.25, 0.3) is 0 Å². The molecule has 0 aliphatic carbocycles. The molecule has 0 aromatic carbocycles. The van der Waals surface area contributed by atoms with Crippen molar-refractivity contribution in [3.05, 3.63) is 23.7 Å². The summed E-state index contributed by atoms with van der Waals surface area (Å²) in [5, 5.41) is 0. The number of likely N-dealkylation sites (N-methyl/N-ethyl adjacent to an activating group) is 1. The second kappa shape index (κ2) is 5.80. The van der Waals surface area contributed by atoms with Gasteiger partial charge in [0.05, 0.1) is 13.2 Å². The molecule has 1 heterocycles. The highest BCUT2D eigenvalue weighted by atomic mass is 16.5. The van der Waals surface area contributed by atoms with Crippen LogP contribution in [0.15, 0.2) is 16.5 Å². The molecule has 80 valence electrons. The number of nitrogens with zero attached hydrogens (tertiary/aromatic N) is 1. The lowest BCUT2D eigenvalue weighted by Gasteiger charge is -2.08. The number of nitrogens with two attached hydrogens (primary N) is 1. The van der Waals surface area contributed by atoms with E-state index in [9.17, 15) is 0 Å². The van der Waals surface area contributed by atoms with Crippen LogP contribution in [0, 0.1) is 0 Å². The minimum atomic E-state index is 0.442. The van der Waals surface area contributed by atoms with Gasteiger partial charge in [0.2, 0.25) is 0 Å². The Morgan fingerprint density at radius 2 is 2.07 bits per heavy atom. The first-order valence-corrected chi connectivity index (χ1v) is 4.72. The van der Waals surface area contributed by atoms with Crippen LogP contribution >= 0.6 is 0 Å². The third kappa shape index (κ3) is 3.91. The first-order chi connectivity index (χ1) is 6.72. The predicted octanol–water partition coefficient (Wildman–Crippen LogP) is 0.816. The molecule has 1 rings (SSSR count). The Morgan fingerprint density at radius 3 is 2.64 bits per heavy atom. The fraction of sp³-hybridized carbons (Fsp3) is 0.600. The van der Waals surface area contributed by atoms with Gasteiger partial charge in [0, 0.05) is 6.54 Å². The van der Waals surface area contributed by atoms with Crippen LogP contribution in [0.4, 0.5) is 0 Å². The normalized spacial score (nSPS) is 11.1. The van der Waals surface area contributed by atoms with Gasteiger partial charge in [-0.05, 0) is 26.2 Å². The van der Waals surface area contributed by atoms with E-state index in [4.69, 9.17) is 14.9 Å². The second-order valence-corrected chi connectivity index (χ2v) is 3.43. The van der Waals surface area contributed by atoms with Crippen LogP contribution < -0.4 is 5.73 Å². The average Bonchev–Trinajstić information content (AvgIpc) is 2.60. The SMILES string of the molecule is CN(C)CCOCc1ccc(CN)o1. The van der Waals surface area contributed by atoms with Gasteiger partial charge in [-0.15, -0.1) is 0 Å². The highest BCUT2D eigenvalue weighted by molar-refractivity contribution is 5.05. The van der Waals surface area contributed by atoms with Crippen LogP contribution in [0.25, 0.3) is 0 Å². The molecule has 0 aliphatic rings. The monoisotopic (exact) mass is 198 g/mol. The Hall–Kier alpha value is -0.840. The van der Waals surface area contributed by atoms with E-state index in [0.717, 1.165) is 18.1 Å². The molecule has 0 atom stereocenters. The summed E-state index contributed by atoms with van der Waals surface area (Å²) in [6.07, 6.45) is 0. The molecule has 0 fully saturated rings. The van der Waals surface area contributed by atoms with E-state index in [0.29, 0.717) is 19.8 Å². The zero-order valence-corrected chi connectivity index (χ0v) is 8.82. The van der Waals surface area contributed by atoms with Crippen molar-refractivity contribution in [2.24, 2.45) is 5.73 Å². The van der Waals surface area contributed by atoms with Crippen LogP contribution in [-0.2, 0) is 17.9 Å². The van der Waals surface area contributed by atoms with Gasteiger partial charge in [0.1, 0.15) is 18.1 Å². The number of ether oxygens (including phenoxy) is 1. The summed E-state index contributed by atoms with van der Waals surface area (Å²) in [6.45, 7) is 2.60. The second-order valence-electron chi connectivity index (χ2n) is 3.43. The molecular formula is C10H18N2O2. The fourth-order valence-electron chi connectivity index (χ4n) is 1.03. The molecule has 2 N–H and O–H groups in total. The van der Waals surface area contributed by atoms with E-state index in [-0.39, 0.29) is 0 Å². The van der Waals surface area contributed by atoms with E-state index in [2.05, 4.69) is 4.90 Å². The molecule has 1 aromatic heterocycles. The minimum Gasteiger partial charge on any atom is -0.462 e. The van der Waals surface area contributed by atoms with Crippen LogP contribution in [0.5, 0.6) is 0 Å². The van der Waals surface area contributed by atoms with Crippen molar-refractivity contribution < 1.29 is 9.15 Å². The third-order valence-electron chi connectivity index (χ3n) is 1.85. The van der Waals surface area contributed by atoms with Crippen LogP contribution in [0.2, 0.25) is 0 Å². The molecule has 0 saturated carbocycles. The highest BCUT2D eigenvalue weighted by Gasteiger charge is 2.00. The molecule has 14 heavy (non-hydrogen) atoms. The minimum absolute atomic E-state index is 0.442. The lowest BCUT2D eigenvalue weighted by atomic mass is 10.4. The Labute approximate surface area is 84.6 Å². The largest absolute Gasteiger partial charge is 0.462 e. The molecule has 0 radical (unpaired) electrons. The Morgan fingerprint density at radius 1 is 1.36 bits per heavy atom. The van der Waals surface area contributed by atoms with Gasteiger partial charge in [0.15, 0.2) is 0 Å². The maximum absolute atomic E-state index is 5.42. The third-order valence-corrected chi connectivity index (χ3v) is 1.85. The molecule has 0 unspecified atom stereocenters. The Bertz CT molecular complexity index is 258. The Balaban J connectivity index is 2.18. The molecule has 1 aromatic rings. The van der Waals surface area contributed by atoms with Crippen molar-refractivity contribution in [1.29, 1.82) is 0 Å². The van der Waals surface area contributed by atoms with Crippen LogP contribution in [0.3, 0.4) is 0 Å². The van der Waals surface area contributed by atoms with Gasteiger partial charge in [-0.25, -0.2) is 0 Å². The quantitative estimate of drug-likeness (QED) is 0.687. The molecule has 0 aliphatic heterocycles. The maximum atomic E-state index is 5.42. The summed E-state index contributed by atoms with van der Waals surface area (Å²) in [5.41, 5.74) is 5.42. The molecule has 4 heteroatoms. The highest BCUT2D eigenvalue weighted by Crippen LogP contribution is 2.07. The van der Waals surface area contributed by atoms with Gasteiger partial charge in [-0.2, -0.15) is 0 Å². The van der Waals surface area contributed by atoms with E-state index in [1.54, 1.807) is 0 Å². The summed E-state index contributed by atoms with van der Waals surface area (Å²) in [4.78, 5) is 2.08. The lowest BCUT2D eigenvalue weighted by Crippen LogP contribution is -2.17. The summed E-state index contributed by atoms with van der Waals surface area (Å²) in [6, 6.07) is 3.78. The summed E-state index contributed by atoms with van der Waals surface area (Å²) < 4.78 is 10.8. The molecule has 0 amide bonds. The van der Waals surface area contributed by atoms with Crippen LogP contribution in [-0.4, -0.2) is 32.1 Å². The lowest BCUT2D eigenvalue weighted by molar-refractivity contribution is 0.0919. The zero-order valence-electron chi connectivity index (χ0n) is 8.82. The standard InChI is InChI=1S/C10H18N2O2/c1-12(2)5-6-13-8-10-4-3-9(7-11)14-10/h3-4H,5-8,11H2,1-2H3. The maximum Gasteiger partial charge on any atom is 0.129 e. The van der Waals surface area contributed by atoms with Gasteiger partial charge in [-0.3, -0.25) is 0 Å². The number of hydrogen-bond donors (Lipinski definition) is 1. The van der Waals surface area contributed by atoms with Gasteiger partial charge >= 0.3 is 0 Å². The topological polar surface area (TPSA) is 51.6 Å². The smallest absolute Gasteiger partial charge is 0.129 e. The van der Waals surface area contributed by atoms with Crippen molar-refractivity contribution in [3.63, 3.8) is 0 Å². The van der Waals surface area contributed by atoms with Gasteiger partial charge < -0.3 is 19.8 Å². The van der Waals surface area contributed by atoms with Crippen molar-refractivity contribution in [1.82, 2.24) is 4.90 Å². The number of rotatable bonds is 6. The Kier molecular flexibility index (Phi) is 4.65. The first kappa shape index (κ1) is 11.2. The van der Waals surface area contributed by atoms with E-state index < -0.39 is 0 Å². The zero-order chi connectivity index (χ0) is 10.4. The molecular weight excluding hydrogens is 180 g/mol. The average molecular weight is 198 g/mol. The van der Waals surface area contributed by atoms with Crippen LogP contribution in [0.1, 0.15) is 11.5 Å². The molecule has 0 spiro atoms. The van der Waals surface area contributed by atoms with E-state index >= 15 is 0 Å². The first-order valence-electron chi connectivity index (χ1n) is 4.72. The van der Waals surface area contributed by atoms with E-state index in [1.807, 2.05) is 26.2 Å². The predicted molar refractivity (Wildman–Crippen MR) is 54.8 cm³/mol. The summed E-state index contributed by atoms with van der Waals surface area (Å²) in [5.74, 6) is 1.64. The van der Waals surface area contributed by atoms with Crippen molar-refractivity contribution in [3.8, 4) is 0 Å². The molecule has 0 bridgehead atoms. The molecule has 0 saturated heterocycles. The summed E-state index contributed by atoms with van der Waals surface area (Å²) in [7, 11) is 4.03.